The van der Waals surface area contributed by atoms with Gasteiger partial charge < -0.3 is 25.6 Å². The monoisotopic (exact) mass is 613 g/mol. The molecule has 44 heavy (non-hydrogen) atoms. The average Bonchev–Trinajstić information content (AvgIpc) is 3.38. The Bertz CT molecular complexity index is 1230. The normalized spacial score (nSPS) is 18.2. The first-order chi connectivity index (χ1) is 20.9. The van der Waals surface area contributed by atoms with Gasteiger partial charge in [0.05, 0.1) is 12.1 Å². The Morgan fingerprint density at radius 3 is 2.00 bits per heavy atom. The summed E-state index contributed by atoms with van der Waals surface area (Å²) < 4.78 is 27.5. The Morgan fingerprint density at radius 2 is 1.55 bits per heavy atom. The summed E-state index contributed by atoms with van der Waals surface area (Å²) >= 11 is 0. The highest BCUT2D eigenvalue weighted by Crippen LogP contribution is 2.34. The van der Waals surface area contributed by atoms with E-state index in [0.29, 0.717) is 30.4 Å². The maximum Gasteiger partial charge on any atom is 0.241 e. The molecule has 0 aliphatic carbocycles. The zero-order valence-corrected chi connectivity index (χ0v) is 26.2. The first-order valence-corrected chi connectivity index (χ1v) is 15.1. The molecular formula is C33H45F2N5O4. The largest absolute Gasteiger partial charge is 0.345 e. The number of likely N-dealkylation sites (N-methyl/N-ethyl adjacent to an activating group) is 2. The lowest BCUT2D eigenvalue weighted by Crippen LogP contribution is -2.58. The molecular weight excluding hydrogens is 568 g/mol. The van der Waals surface area contributed by atoms with Crippen LogP contribution in [0.2, 0.25) is 0 Å². The van der Waals surface area contributed by atoms with Gasteiger partial charge in [-0.25, -0.2) is 8.78 Å². The van der Waals surface area contributed by atoms with E-state index in [2.05, 4.69) is 16.0 Å². The number of hydrogen-bond acceptors (Lipinski definition) is 6. The van der Waals surface area contributed by atoms with Crippen LogP contribution < -0.4 is 16.0 Å². The minimum absolute atomic E-state index is 0.0343. The zero-order valence-electron chi connectivity index (χ0n) is 26.2. The number of nitrogens with one attached hydrogen (secondary N) is 3. The van der Waals surface area contributed by atoms with Crippen LogP contribution in [0.5, 0.6) is 0 Å². The predicted molar refractivity (Wildman–Crippen MR) is 165 cm³/mol. The van der Waals surface area contributed by atoms with E-state index in [-0.39, 0.29) is 49.6 Å². The predicted octanol–water partition coefficient (Wildman–Crippen LogP) is 3.19. The number of amides is 3. The standard InChI is InChI=1S/C33H45F2N5O4/c1-22(2)19-29(42)37-28(21-41)20-40(31(43)23(3)36-4)18-16-33(15-6-17-39(33)5)32(44)38-30(24-7-11-26(34)12-8-24)25-9-13-27(35)14-10-25/h7-14,21-23,28,30,36H,6,15-20H2,1-5H3,(H,37,42)(H,38,44). The lowest BCUT2D eigenvalue weighted by atomic mass is 9.89. The molecule has 3 N–H and O–H groups in total. The van der Waals surface area contributed by atoms with Crippen molar-refractivity contribution in [3.05, 3.63) is 71.3 Å². The van der Waals surface area contributed by atoms with Crippen molar-refractivity contribution in [2.75, 3.05) is 33.7 Å². The number of carbonyl (C=O) groups is 4. The topological polar surface area (TPSA) is 111 Å². The number of halogens is 2. The number of carbonyl (C=O) groups excluding carboxylic acids is 4. The van der Waals surface area contributed by atoms with Crippen LogP contribution in [-0.2, 0) is 19.2 Å². The Labute approximate surface area is 258 Å². The third kappa shape index (κ3) is 8.92. The highest BCUT2D eigenvalue weighted by molar-refractivity contribution is 5.88. The maximum absolute atomic E-state index is 14.2. The number of rotatable bonds is 15. The van der Waals surface area contributed by atoms with Crippen LogP contribution in [-0.4, -0.2) is 85.2 Å². The van der Waals surface area contributed by atoms with Crippen LogP contribution in [0.3, 0.4) is 0 Å². The van der Waals surface area contributed by atoms with Crippen LogP contribution in [0.4, 0.5) is 8.78 Å². The second-order valence-corrected chi connectivity index (χ2v) is 12.0. The van der Waals surface area contributed by atoms with Gasteiger partial charge in [-0.1, -0.05) is 38.1 Å². The molecule has 0 saturated carbocycles. The van der Waals surface area contributed by atoms with E-state index in [4.69, 9.17) is 0 Å². The molecule has 2 aromatic carbocycles. The van der Waals surface area contributed by atoms with Gasteiger partial charge >= 0.3 is 0 Å². The van der Waals surface area contributed by atoms with Crippen LogP contribution in [0, 0.1) is 17.6 Å². The number of likely N-dealkylation sites (tertiary alicyclic amines) is 1. The van der Waals surface area contributed by atoms with Crippen LogP contribution >= 0.6 is 0 Å². The summed E-state index contributed by atoms with van der Waals surface area (Å²) in [6, 6.07) is 9.45. The summed E-state index contributed by atoms with van der Waals surface area (Å²) in [5, 5.41) is 8.78. The second kappa shape index (κ2) is 15.9. The molecule has 3 rings (SSSR count). The zero-order chi connectivity index (χ0) is 32.4. The molecule has 11 heteroatoms. The van der Waals surface area contributed by atoms with E-state index in [0.717, 1.165) is 6.42 Å². The molecule has 3 unspecified atom stereocenters. The maximum atomic E-state index is 14.2. The summed E-state index contributed by atoms with van der Waals surface area (Å²) in [7, 11) is 3.52. The highest BCUT2D eigenvalue weighted by atomic mass is 19.1. The summed E-state index contributed by atoms with van der Waals surface area (Å²) in [6.45, 7) is 6.30. The van der Waals surface area contributed by atoms with Crippen LogP contribution in [0.1, 0.15) is 63.6 Å². The third-order valence-electron chi connectivity index (χ3n) is 8.35. The van der Waals surface area contributed by atoms with Crippen molar-refractivity contribution in [1.82, 2.24) is 25.8 Å². The Kier molecular flexibility index (Phi) is 12.5. The molecule has 3 amide bonds. The van der Waals surface area contributed by atoms with E-state index in [1.54, 1.807) is 38.2 Å². The quantitative estimate of drug-likeness (QED) is 0.266. The minimum Gasteiger partial charge on any atom is -0.345 e. The van der Waals surface area contributed by atoms with Gasteiger partial charge in [0.2, 0.25) is 17.7 Å². The van der Waals surface area contributed by atoms with E-state index < -0.39 is 35.3 Å². The van der Waals surface area contributed by atoms with E-state index in [1.807, 2.05) is 25.8 Å². The average molecular weight is 614 g/mol. The lowest BCUT2D eigenvalue weighted by Gasteiger charge is -2.38. The van der Waals surface area contributed by atoms with Crippen molar-refractivity contribution in [3.63, 3.8) is 0 Å². The van der Waals surface area contributed by atoms with Gasteiger partial charge in [0, 0.05) is 19.5 Å². The molecule has 1 aliphatic heterocycles. The number of hydrogen-bond donors (Lipinski definition) is 3. The SMILES string of the molecule is CNC(C)C(=O)N(CCC1(C(=O)NC(c2ccc(F)cc2)c2ccc(F)cc2)CCCN1C)CC(C=O)NC(=O)CC(C)C. The summed E-state index contributed by atoms with van der Waals surface area (Å²) in [5.41, 5.74) is 0.276. The fourth-order valence-electron chi connectivity index (χ4n) is 5.67. The third-order valence-corrected chi connectivity index (χ3v) is 8.35. The van der Waals surface area contributed by atoms with Crippen LogP contribution in [0.15, 0.2) is 48.5 Å². The van der Waals surface area contributed by atoms with Crippen molar-refractivity contribution in [2.45, 2.75) is 70.1 Å². The molecule has 0 aromatic heterocycles. The van der Waals surface area contributed by atoms with Crippen molar-refractivity contribution in [3.8, 4) is 0 Å². The van der Waals surface area contributed by atoms with Crippen molar-refractivity contribution in [1.29, 1.82) is 0 Å². The Hall–Kier alpha value is -3.70. The van der Waals surface area contributed by atoms with Gasteiger partial charge in [-0.15, -0.1) is 0 Å². The number of nitrogens with zero attached hydrogens (tertiary/aromatic N) is 2. The van der Waals surface area contributed by atoms with Gasteiger partial charge in [0.25, 0.3) is 0 Å². The van der Waals surface area contributed by atoms with Gasteiger partial charge in [-0.2, -0.15) is 0 Å². The molecule has 1 fully saturated rings. The van der Waals surface area contributed by atoms with E-state index >= 15 is 0 Å². The van der Waals surface area contributed by atoms with E-state index in [9.17, 15) is 28.0 Å². The Balaban J connectivity index is 1.88. The van der Waals surface area contributed by atoms with Gasteiger partial charge in [-0.05, 0) is 88.1 Å². The highest BCUT2D eigenvalue weighted by Gasteiger charge is 2.46. The fourth-order valence-corrected chi connectivity index (χ4v) is 5.67. The fraction of sp³-hybridized carbons (Fsp3) is 0.515. The molecule has 1 aliphatic rings. The summed E-state index contributed by atoms with van der Waals surface area (Å²) in [6.07, 6.45) is 2.43. The number of benzene rings is 2. The molecule has 240 valence electrons. The molecule has 0 spiro atoms. The van der Waals surface area contributed by atoms with Gasteiger partial charge in [-0.3, -0.25) is 19.3 Å². The van der Waals surface area contributed by atoms with Crippen molar-refractivity contribution in [2.24, 2.45) is 5.92 Å². The van der Waals surface area contributed by atoms with Crippen molar-refractivity contribution < 1.29 is 28.0 Å². The second-order valence-electron chi connectivity index (χ2n) is 12.0. The molecule has 2 aromatic rings. The molecule has 0 radical (unpaired) electrons. The summed E-state index contributed by atoms with van der Waals surface area (Å²) in [4.78, 5) is 55.5. The van der Waals surface area contributed by atoms with E-state index in [1.165, 1.54) is 29.2 Å². The molecule has 1 heterocycles. The van der Waals surface area contributed by atoms with Gasteiger partial charge in [0.1, 0.15) is 29.5 Å². The summed E-state index contributed by atoms with van der Waals surface area (Å²) in [5.74, 6) is -1.54. The molecule has 9 nitrogen and oxygen atoms in total. The first kappa shape index (κ1) is 34.8. The Morgan fingerprint density at radius 1 is 0.977 bits per heavy atom. The molecule has 0 bridgehead atoms. The van der Waals surface area contributed by atoms with Crippen LogP contribution in [0.25, 0.3) is 0 Å². The smallest absolute Gasteiger partial charge is 0.241 e. The van der Waals surface area contributed by atoms with Crippen molar-refractivity contribution >= 4 is 24.0 Å². The first-order valence-electron chi connectivity index (χ1n) is 15.1. The number of aldehydes is 1. The lowest BCUT2D eigenvalue weighted by molar-refractivity contribution is -0.137. The minimum atomic E-state index is -0.989. The molecule has 3 atom stereocenters. The van der Waals surface area contributed by atoms with Gasteiger partial charge in [0.15, 0.2) is 0 Å². The molecule has 1 saturated heterocycles.